The summed E-state index contributed by atoms with van der Waals surface area (Å²) in [5.41, 5.74) is 2.83. The van der Waals surface area contributed by atoms with Crippen LogP contribution in [-0.4, -0.2) is 49.8 Å². The molecule has 0 radical (unpaired) electrons. The van der Waals surface area contributed by atoms with Crippen molar-refractivity contribution in [3.63, 3.8) is 0 Å². The summed E-state index contributed by atoms with van der Waals surface area (Å²) in [5, 5.41) is 6.31. The summed E-state index contributed by atoms with van der Waals surface area (Å²) in [6.07, 6.45) is 4.28. The standard InChI is InChI=1S/C21H26FN3O2.2H2/c1-3-15-9-11-25(21(26)24-18-13-23-10-12-27-14-18)20(19(15)4-2)16-5-7-17(22)8-6-16;;/h3-8,18,20,23H,1-2,9-14H2,(H,24,26);2*1H/t18-,20-;;/m1../s1. The summed E-state index contributed by atoms with van der Waals surface area (Å²) in [7, 11) is 0. The van der Waals surface area contributed by atoms with Crippen molar-refractivity contribution in [1.82, 2.24) is 15.5 Å². The predicted octanol–water partition coefficient (Wildman–Crippen LogP) is 3.43. The Morgan fingerprint density at radius 3 is 2.81 bits per heavy atom. The quantitative estimate of drug-likeness (QED) is 0.848. The van der Waals surface area contributed by atoms with Gasteiger partial charge in [0, 0.05) is 22.5 Å². The van der Waals surface area contributed by atoms with Crippen LogP contribution in [0.1, 0.15) is 20.9 Å². The lowest BCUT2D eigenvalue weighted by Crippen LogP contribution is -2.51. The molecule has 0 aliphatic carbocycles. The van der Waals surface area contributed by atoms with Crippen molar-refractivity contribution in [2.75, 3.05) is 32.8 Å². The van der Waals surface area contributed by atoms with Crippen molar-refractivity contribution in [3.05, 3.63) is 72.1 Å². The van der Waals surface area contributed by atoms with Crippen LogP contribution in [0.3, 0.4) is 0 Å². The molecule has 1 saturated heterocycles. The van der Waals surface area contributed by atoms with Crippen molar-refractivity contribution in [3.8, 4) is 0 Å². The summed E-state index contributed by atoms with van der Waals surface area (Å²) in [6, 6.07) is 5.67. The summed E-state index contributed by atoms with van der Waals surface area (Å²) in [4.78, 5) is 14.8. The van der Waals surface area contributed by atoms with Gasteiger partial charge in [0.2, 0.25) is 0 Å². The smallest absolute Gasteiger partial charge is 0.318 e. The third-order valence-electron chi connectivity index (χ3n) is 4.97. The minimum absolute atomic E-state index is 0. The molecule has 148 valence electrons. The predicted molar refractivity (Wildman–Crippen MR) is 108 cm³/mol. The Bertz CT molecular complexity index is 732. The van der Waals surface area contributed by atoms with Crippen LogP contribution in [0.2, 0.25) is 0 Å². The Morgan fingerprint density at radius 2 is 2.11 bits per heavy atom. The average Bonchev–Trinajstić information content (AvgIpc) is 2.96. The molecule has 0 unspecified atom stereocenters. The molecule has 2 aliphatic heterocycles. The van der Waals surface area contributed by atoms with Crippen LogP contribution in [0.5, 0.6) is 0 Å². The molecule has 1 aromatic rings. The maximum atomic E-state index is 13.4. The Hall–Kier alpha value is -2.44. The Morgan fingerprint density at radius 1 is 1.33 bits per heavy atom. The van der Waals surface area contributed by atoms with Crippen molar-refractivity contribution in [2.45, 2.75) is 18.5 Å². The van der Waals surface area contributed by atoms with Crippen LogP contribution in [0.4, 0.5) is 9.18 Å². The fourth-order valence-corrected chi connectivity index (χ4v) is 3.60. The Balaban J connectivity index is 0.00000210. The largest absolute Gasteiger partial charge is 0.378 e. The second-order valence-electron chi connectivity index (χ2n) is 6.71. The van der Waals surface area contributed by atoms with Crippen LogP contribution >= 0.6 is 0 Å². The number of rotatable bonds is 4. The number of carbonyl (C=O) groups excluding carboxylic acids is 1. The molecule has 6 heteroatoms. The molecule has 1 fully saturated rings. The van der Waals surface area contributed by atoms with E-state index in [4.69, 9.17) is 4.74 Å². The fourth-order valence-electron chi connectivity index (χ4n) is 3.60. The second kappa shape index (κ2) is 8.97. The van der Waals surface area contributed by atoms with Crippen molar-refractivity contribution in [1.29, 1.82) is 0 Å². The number of ether oxygens (including phenoxy) is 1. The Kier molecular flexibility index (Phi) is 6.42. The van der Waals surface area contributed by atoms with Gasteiger partial charge >= 0.3 is 6.03 Å². The van der Waals surface area contributed by atoms with Gasteiger partial charge in [-0.15, -0.1) is 0 Å². The van der Waals surface area contributed by atoms with Gasteiger partial charge in [0.1, 0.15) is 5.82 Å². The van der Waals surface area contributed by atoms with Gasteiger partial charge in [0.25, 0.3) is 0 Å². The summed E-state index contributed by atoms with van der Waals surface area (Å²) in [6.45, 7) is 10.9. The van der Waals surface area contributed by atoms with Gasteiger partial charge in [0.15, 0.2) is 0 Å². The van der Waals surface area contributed by atoms with Gasteiger partial charge in [-0.1, -0.05) is 37.4 Å². The van der Waals surface area contributed by atoms with Gasteiger partial charge < -0.3 is 20.3 Å². The van der Waals surface area contributed by atoms with Gasteiger partial charge in [-0.05, 0) is 35.3 Å². The molecule has 2 heterocycles. The number of hydrogen-bond acceptors (Lipinski definition) is 3. The third-order valence-corrected chi connectivity index (χ3v) is 4.97. The topological polar surface area (TPSA) is 53.6 Å². The van der Waals surface area contributed by atoms with Crippen molar-refractivity contribution in [2.24, 2.45) is 0 Å². The first-order chi connectivity index (χ1) is 13.1. The minimum Gasteiger partial charge on any atom is -0.378 e. The lowest BCUT2D eigenvalue weighted by molar-refractivity contribution is 0.127. The molecule has 0 spiro atoms. The highest BCUT2D eigenvalue weighted by Crippen LogP contribution is 2.37. The lowest BCUT2D eigenvalue weighted by Gasteiger charge is -2.38. The molecular weight excluding hydrogens is 345 g/mol. The molecule has 1 aromatic carbocycles. The molecule has 2 N–H and O–H groups in total. The number of urea groups is 1. The van der Waals surface area contributed by atoms with Gasteiger partial charge in [-0.2, -0.15) is 0 Å². The number of nitrogens with one attached hydrogen (secondary N) is 2. The zero-order valence-corrected chi connectivity index (χ0v) is 15.4. The average molecular weight is 375 g/mol. The monoisotopic (exact) mass is 375 g/mol. The molecule has 27 heavy (non-hydrogen) atoms. The number of carbonyl (C=O) groups is 1. The molecular formula is C21H30FN3O2. The van der Waals surface area contributed by atoms with E-state index in [0.29, 0.717) is 32.7 Å². The highest BCUT2D eigenvalue weighted by atomic mass is 19.1. The number of benzene rings is 1. The first-order valence-corrected chi connectivity index (χ1v) is 9.23. The van der Waals surface area contributed by atoms with Crippen LogP contribution in [0.15, 0.2) is 60.7 Å². The molecule has 0 saturated carbocycles. The maximum absolute atomic E-state index is 13.4. The number of nitrogens with zero attached hydrogens (tertiary/aromatic N) is 1. The molecule has 2 aliphatic rings. The first kappa shape index (κ1) is 19.3. The highest BCUT2D eigenvalue weighted by Gasteiger charge is 2.33. The van der Waals surface area contributed by atoms with E-state index in [1.807, 2.05) is 6.08 Å². The van der Waals surface area contributed by atoms with E-state index in [9.17, 15) is 9.18 Å². The molecule has 5 nitrogen and oxygen atoms in total. The lowest BCUT2D eigenvalue weighted by atomic mass is 9.88. The maximum Gasteiger partial charge on any atom is 0.318 e. The summed E-state index contributed by atoms with van der Waals surface area (Å²) >= 11 is 0. The van der Waals surface area contributed by atoms with Gasteiger partial charge in [0.05, 0.1) is 25.3 Å². The molecule has 2 atom stereocenters. The van der Waals surface area contributed by atoms with E-state index in [1.165, 1.54) is 12.1 Å². The Labute approximate surface area is 162 Å². The summed E-state index contributed by atoms with van der Waals surface area (Å²) in [5.74, 6) is -0.305. The number of halogens is 1. The molecule has 0 bridgehead atoms. The van der Waals surface area contributed by atoms with Gasteiger partial charge in [-0.25, -0.2) is 9.18 Å². The molecule has 0 aromatic heterocycles. The van der Waals surface area contributed by atoms with Crippen molar-refractivity contribution >= 4 is 6.03 Å². The normalized spacial score (nSPS) is 23.5. The number of amides is 2. The third kappa shape index (κ3) is 4.46. The van der Waals surface area contributed by atoms with E-state index in [2.05, 4.69) is 23.8 Å². The summed E-state index contributed by atoms with van der Waals surface area (Å²) < 4.78 is 18.9. The molecule has 2 amide bonds. The van der Waals surface area contributed by atoms with E-state index in [0.717, 1.165) is 23.3 Å². The van der Waals surface area contributed by atoms with Crippen LogP contribution in [0, 0.1) is 5.82 Å². The van der Waals surface area contributed by atoms with Crippen LogP contribution in [0.25, 0.3) is 0 Å². The zero-order chi connectivity index (χ0) is 19.2. The highest BCUT2D eigenvalue weighted by molar-refractivity contribution is 5.76. The van der Waals surface area contributed by atoms with E-state index in [-0.39, 0.29) is 26.8 Å². The van der Waals surface area contributed by atoms with E-state index in [1.54, 1.807) is 23.1 Å². The van der Waals surface area contributed by atoms with Gasteiger partial charge in [-0.3, -0.25) is 0 Å². The van der Waals surface area contributed by atoms with E-state index >= 15 is 0 Å². The second-order valence-corrected chi connectivity index (χ2v) is 6.71. The van der Waals surface area contributed by atoms with Crippen LogP contribution in [-0.2, 0) is 4.74 Å². The number of allylic oxidation sites excluding steroid dienone is 1. The van der Waals surface area contributed by atoms with E-state index < -0.39 is 0 Å². The first-order valence-electron chi connectivity index (χ1n) is 9.23. The SMILES string of the molecule is C=CC1=C(C=C)[C@@H](c2ccc(F)cc2)N(C(=O)N[C@@H]2CNCCOC2)CC1.[HH].[HH]. The van der Waals surface area contributed by atoms with Crippen molar-refractivity contribution < 1.29 is 16.8 Å². The fraction of sp³-hybridized carbons (Fsp3) is 0.381. The van der Waals surface area contributed by atoms with Crippen LogP contribution < -0.4 is 10.6 Å². The molecule has 3 rings (SSSR count). The zero-order valence-electron chi connectivity index (χ0n) is 15.4. The number of hydrogen-bond donors (Lipinski definition) is 2. The minimum atomic E-state index is -0.329.